The fourth-order valence-corrected chi connectivity index (χ4v) is 2.48. The van der Waals surface area contributed by atoms with Gasteiger partial charge in [0, 0.05) is 10.2 Å². The molecule has 20 heavy (non-hydrogen) atoms. The third-order valence-corrected chi connectivity index (χ3v) is 3.42. The van der Waals surface area contributed by atoms with Crippen LogP contribution < -0.4 is 10.6 Å². The van der Waals surface area contributed by atoms with E-state index in [-0.39, 0.29) is 17.5 Å². The van der Waals surface area contributed by atoms with Crippen LogP contribution in [0.3, 0.4) is 0 Å². The van der Waals surface area contributed by atoms with Gasteiger partial charge in [0.05, 0.1) is 17.3 Å². The Morgan fingerprint density at radius 1 is 1.25 bits per heavy atom. The van der Waals surface area contributed by atoms with Gasteiger partial charge < -0.3 is 10.6 Å². The smallest absolute Gasteiger partial charge is 0.243 e. The Hall–Kier alpha value is -1.59. The van der Waals surface area contributed by atoms with Crippen molar-refractivity contribution in [2.75, 3.05) is 17.2 Å². The Balaban J connectivity index is 1.98. The van der Waals surface area contributed by atoms with Crippen LogP contribution in [-0.2, 0) is 4.79 Å². The average molecular weight is 358 g/mol. The van der Waals surface area contributed by atoms with Gasteiger partial charge in [0.25, 0.3) is 0 Å². The van der Waals surface area contributed by atoms with E-state index in [0.29, 0.717) is 10.2 Å². The lowest BCUT2D eigenvalue weighted by Crippen LogP contribution is -2.22. The number of rotatable bonds is 4. The van der Waals surface area contributed by atoms with Gasteiger partial charge in [0.2, 0.25) is 5.91 Å². The fraction of sp³-hybridized carbons (Fsp3) is 0.0714. The number of anilines is 2. The van der Waals surface area contributed by atoms with Gasteiger partial charge in [-0.2, -0.15) is 0 Å². The van der Waals surface area contributed by atoms with E-state index in [4.69, 9.17) is 11.6 Å². The lowest BCUT2D eigenvalue weighted by atomic mass is 10.3. The lowest BCUT2D eigenvalue weighted by Gasteiger charge is -2.11. The molecule has 0 aromatic heterocycles. The second-order valence-corrected chi connectivity index (χ2v) is 5.27. The van der Waals surface area contributed by atoms with Gasteiger partial charge in [-0.05, 0) is 40.2 Å². The van der Waals surface area contributed by atoms with Crippen molar-refractivity contribution in [1.82, 2.24) is 0 Å². The third kappa shape index (κ3) is 3.95. The molecule has 0 radical (unpaired) electrons. The van der Waals surface area contributed by atoms with Gasteiger partial charge in [0.1, 0.15) is 5.82 Å². The van der Waals surface area contributed by atoms with Gasteiger partial charge >= 0.3 is 0 Å². The van der Waals surface area contributed by atoms with Crippen molar-refractivity contribution in [1.29, 1.82) is 0 Å². The highest BCUT2D eigenvalue weighted by Crippen LogP contribution is 2.31. The molecule has 0 aliphatic heterocycles. The molecule has 0 saturated heterocycles. The number of amides is 1. The molecule has 0 aliphatic rings. The number of carbonyl (C=O) groups excluding carboxylic acids is 1. The van der Waals surface area contributed by atoms with E-state index in [1.54, 1.807) is 0 Å². The summed E-state index contributed by atoms with van der Waals surface area (Å²) in [5.74, 6) is -0.745. The van der Waals surface area contributed by atoms with E-state index in [9.17, 15) is 9.18 Å². The summed E-state index contributed by atoms with van der Waals surface area (Å²) in [6.45, 7) is 0.0875. The van der Waals surface area contributed by atoms with Crippen LogP contribution in [0, 0.1) is 5.82 Å². The van der Waals surface area contributed by atoms with E-state index < -0.39 is 5.82 Å². The number of para-hydroxylation sites is 1. The largest absolute Gasteiger partial charge is 0.376 e. The topological polar surface area (TPSA) is 41.1 Å². The molecule has 1 amide bonds. The molecule has 104 valence electrons. The third-order valence-electron chi connectivity index (χ3n) is 2.50. The summed E-state index contributed by atoms with van der Waals surface area (Å²) in [5, 5.41) is 5.74. The normalized spacial score (nSPS) is 10.2. The Labute approximate surface area is 129 Å². The summed E-state index contributed by atoms with van der Waals surface area (Å²) in [4.78, 5) is 11.8. The molecule has 0 atom stereocenters. The first-order chi connectivity index (χ1) is 9.56. The molecule has 0 spiro atoms. The van der Waals surface area contributed by atoms with Crippen molar-refractivity contribution < 1.29 is 9.18 Å². The van der Waals surface area contributed by atoms with Crippen molar-refractivity contribution in [3.05, 3.63) is 57.8 Å². The molecule has 3 nitrogen and oxygen atoms in total. The minimum Gasteiger partial charge on any atom is -0.376 e. The second-order valence-electron chi connectivity index (χ2n) is 4.01. The van der Waals surface area contributed by atoms with Gasteiger partial charge in [-0.1, -0.05) is 29.8 Å². The maximum Gasteiger partial charge on any atom is 0.243 e. The minimum atomic E-state index is -0.470. The molecular weight excluding hydrogens is 347 g/mol. The standard InChI is InChI=1S/C14H11BrClFN2O/c15-11-6-9(17)7-12(16)14(11)19-13(20)8-18-10-4-2-1-3-5-10/h1-7,18H,8H2,(H,19,20). The molecule has 0 saturated carbocycles. The Morgan fingerprint density at radius 2 is 1.95 bits per heavy atom. The summed E-state index contributed by atoms with van der Waals surface area (Å²) in [7, 11) is 0. The highest BCUT2D eigenvalue weighted by molar-refractivity contribution is 9.10. The minimum absolute atomic E-state index is 0.0875. The van der Waals surface area contributed by atoms with Gasteiger partial charge in [-0.3, -0.25) is 4.79 Å². The fourth-order valence-electron chi connectivity index (χ4n) is 1.58. The predicted octanol–water partition coefficient (Wildman–Crippen LogP) is 4.29. The molecule has 0 bridgehead atoms. The van der Waals surface area contributed by atoms with Crippen LogP contribution in [0.25, 0.3) is 0 Å². The van der Waals surface area contributed by atoms with Gasteiger partial charge in [0.15, 0.2) is 0 Å². The first-order valence-corrected chi connectivity index (χ1v) is 6.96. The van der Waals surface area contributed by atoms with Crippen molar-refractivity contribution >= 4 is 44.8 Å². The number of hydrogen-bond donors (Lipinski definition) is 2. The Kier molecular flexibility index (Phi) is 4.98. The van der Waals surface area contributed by atoms with E-state index >= 15 is 0 Å². The Morgan fingerprint density at radius 3 is 2.60 bits per heavy atom. The van der Waals surface area contributed by atoms with Crippen LogP contribution in [0.1, 0.15) is 0 Å². The summed E-state index contributed by atoms with van der Waals surface area (Å²) in [6.07, 6.45) is 0. The Bertz CT molecular complexity index is 599. The molecule has 2 N–H and O–H groups in total. The summed E-state index contributed by atoms with van der Waals surface area (Å²) >= 11 is 9.05. The molecule has 0 aliphatic carbocycles. The van der Waals surface area contributed by atoms with Crippen molar-refractivity contribution in [2.24, 2.45) is 0 Å². The SMILES string of the molecule is O=C(CNc1ccccc1)Nc1c(Cl)cc(F)cc1Br. The van der Waals surface area contributed by atoms with Crippen molar-refractivity contribution in [3.8, 4) is 0 Å². The molecule has 2 rings (SSSR count). The van der Waals surface area contributed by atoms with Crippen LogP contribution >= 0.6 is 27.5 Å². The zero-order valence-electron chi connectivity index (χ0n) is 10.3. The summed E-state index contributed by atoms with van der Waals surface area (Å²) in [5.41, 5.74) is 1.19. The average Bonchev–Trinajstić information content (AvgIpc) is 2.42. The first kappa shape index (κ1) is 14.8. The van der Waals surface area contributed by atoms with E-state index in [1.165, 1.54) is 6.07 Å². The molecular formula is C14H11BrClFN2O. The van der Waals surface area contributed by atoms with Crippen LogP contribution in [0.4, 0.5) is 15.8 Å². The summed E-state index contributed by atoms with van der Waals surface area (Å²) < 4.78 is 13.5. The molecule has 0 heterocycles. The molecule has 0 fully saturated rings. The lowest BCUT2D eigenvalue weighted by molar-refractivity contribution is -0.114. The number of carbonyl (C=O) groups is 1. The molecule has 2 aromatic carbocycles. The quantitative estimate of drug-likeness (QED) is 0.857. The van der Waals surface area contributed by atoms with Crippen LogP contribution in [-0.4, -0.2) is 12.5 Å². The van der Waals surface area contributed by atoms with Crippen molar-refractivity contribution in [3.63, 3.8) is 0 Å². The number of hydrogen-bond acceptors (Lipinski definition) is 2. The highest BCUT2D eigenvalue weighted by Gasteiger charge is 2.11. The zero-order chi connectivity index (χ0) is 14.5. The number of halogens is 3. The monoisotopic (exact) mass is 356 g/mol. The van der Waals surface area contributed by atoms with Crippen LogP contribution in [0.15, 0.2) is 46.9 Å². The maximum absolute atomic E-state index is 13.1. The van der Waals surface area contributed by atoms with Crippen LogP contribution in [0.2, 0.25) is 5.02 Å². The second kappa shape index (κ2) is 6.72. The number of nitrogens with one attached hydrogen (secondary N) is 2. The summed E-state index contributed by atoms with van der Waals surface area (Å²) in [6, 6.07) is 11.7. The van der Waals surface area contributed by atoms with Gasteiger partial charge in [-0.25, -0.2) is 4.39 Å². The van der Waals surface area contributed by atoms with Crippen molar-refractivity contribution in [2.45, 2.75) is 0 Å². The van der Waals surface area contributed by atoms with E-state index in [0.717, 1.165) is 11.8 Å². The zero-order valence-corrected chi connectivity index (χ0v) is 12.6. The molecule has 2 aromatic rings. The van der Waals surface area contributed by atoms with E-state index in [1.807, 2.05) is 30.3 Å². The predicted molar refractivity (Wildman–Crippen MR) is 82.7 cm³/mol. The first-order valence-electron chi connectivity index (χ1n) is 5.79. The maximum atomic E-state index is 13.1. The van der Waals surface area contributed by atoms with E-state index in [2.05, 4.69) is 26.6 Å². The number of benzene rings is 2. The van der Waals surface area contributed by atoms with Crippen LogP contribution in [0.5, 0.6) is 0 Å². The molecule has 6 heteroatoms. The highest BCUT2D eigenvalue weighted by atomic mass is 79.9. The molecule has 0 unspecified atom stereocenters. The van der Waals surface area contributed by atoms with Gasteiger partial charge in [-0.15, -0.1) is 0 Å².